The molecule has 0 radical (unpaired) electrons. The molecule has 0 unspecified atom stereocenters. The molecule has 0 atom stereocenters. The van der Waals surface area contributed by atoms with E-state index in [2.05, 4.69) is 50.5 Å². The lowest BCUT2D eigenvalue weighted by atomic mass is 10.1. The third-order valence-corrected chi connectivity index (χ3v) is 4.48. The summed E-state index contributed by atoms with van der Waals surface area (Å²) in [4.78, 5) is 16.4. The minimum Gasteiger partial charge on any atom is -0.383 e. The topological polar surface area (TPSA) is 86.8 Å². The van der Waals surface area contributed by atoms with Crippen LogP contribution in [0.3, 0.4) is 0 Å². The first-order valence-corrected chi connectivity index (χ1v) is 10.3. The number of rotatable bonds is 11. The van der Waals surface area contributed by atoms with Gasteiger partial charge in [-0.1, -0.05) is 24.3 Å². The second-order valence-corrected chi connectivity index (χ2v) is 6.77. The van der Waals surface area contributed by atoms with Crippen molar-refractivity contribution >= 4 is 41.5 Å². The second-order valence-electron chi connectivity index (χ2n) is 6.77. The van der Waals surface area contributed by atoms with Crippen LogP contribution in [0.2, 0.25) is 0 Å². The number of anilines is 1. The zero-order chi connectivity index (χ0) is 21.6. The highest BCUT2D eigenvalue weighted by molar-refractivity contribution is 14.0. The van der Waals surface area contributed by atoms with Crippen LogP contribution in [-0.4, -0.2) is 52.3 Å². The first-order chi connectivity index (χ1) is 14.7. The molecular weight excluding hydrogens is 505 g/mol. The second kappa shape index (κ2) is 15.5. The number of nitrogens with zero attached hydrogens (tertiary/aromatic N) is 1. The average molecular weight is 539 g/mol. The van der Waals surface area contributed by atoms with Crippen LogP contribution in [0.4, 0.5) is 5.69 Å². The zero-order valence-electron chi connectivity index (χ0n) is 18.5. The van der Waals surface area contributed by atoms with Gasteiger partial charge in [0.05, 0.1) is 13.2 Å². The Morgan fingerprint density at radius 3 is 2.48 bits per heavy atom. The predicted octanol–water partition coefficient (Wildman–Crippen LogP) is 3.02. The molecule has 8 heteroatoms. The summed E-state index contributed by atoms with van der Waals surface area (Å²) in [5, 5.41) is 12.6. The van der Waals surface area contributed by atoms with Crippen LogP contribution in [0.25, 0.3) is 0 Å². The van der Waals surface area contributed by atoms with E-state index in [4.69, 9.17) is 4.74 Å². The lowest BCUT2D eigenvalue weighted by Gasteiger charge is -2.12. The van der Waals surface area contributed by atoms with Crippen LogP contribution in [0, 0.1) is 0 Å². The van der Waals surface area contributed by atoms with E-state index in [0.717, 1.165) is 48.8 Å². The molecule has 0 bridgehead atoms. The van der Waals surface area contributed by atoms with Gasteiger partial charge in [0, 0.05) is 45.0 Å². The van der Waals surface area contributed by atoms with Gasteiger partial charge < -0.3 is 26.0 Å². The number of benzene rings is 2. The summed E-state index contributed by atoms with van der Waals surface area (Å²) in [6.45, 7) is 5.63. The SMILES string of the molecule is CCNC(=NCc1ccc(NCCOC)cc1)NCCc1cccc(C(=O)NC)c1.I. The Labute approximate surface area is 202 Å². The van der Waals surface area contributed by atoms with Gasteiger partial charge in [-0.25, -0.2) is 4.99 Å². The number of amides is 1. The van der Waals surface area contributed by atoms with E-state index in [0.29, 0.717) is 18.7 Å². The minimum atomic E-state index is -0.0698. The molecule has 0 fully saturated rings. The quantitative estimate of drug-likeness (QED) is 0.153. The van der Waals surface area contributed by atoms with Crippen molar-refractivity contribution in [1.82, 2.24) is 16.0 Å². The van der Waals surface area contributed by atoms with E-state index in [1.165, 1.54) is 0 Å². The fourth-order valence-electron chi connectivity index (χ4n) is 2.88. The van der Waals surface area contributed by atoms with Crippen molar-refractivity contribution in [3.05, 3.63) is 65.2 Å². The molecule has 0 heterocycles. The van der Waals surface area contributed by atoms with Crippen molar-refractivity contribution in [1.29, 1.82) is 0 Å². The molecule has 0 aliphatic heterocycles. The summed E-state index contributed by atoms with van der Waals surface area (Å²) in [6.07, 6.45) is 0.803. The van der Waals surface area contributed by atoms with E-state index >= 15 is 0 Å². The van der Waals surface area contributed by atoms with Crippen LogP contribution in [0.1, 0.15) is 28.4 Å². The molecule has 0 saturated heterocycles. The van der Waals surface area contributed by atoms with Crippen molar-refractivity contribution in [3.8, 4) is 0 Å². The highest BCUT2D eigenvalue weighted by Crippen LogP contribution is 2.10. The highest BCUT2D eigenvalue weighted by atomic mass is 127. The lowest BCUT2D eigenvalue weighted by Crippen LogP contribution is -2.38. The van der Waals surface area contributed by atoms with Crippen molar-refractivity contribution in [2.45, 2.75) is 19.9 Å². The van der Waals surface area contributed by atoms with Gasteiger partial charge in [-0.15, -0.1) is 24.0 Å². The van der Waals surface area contributed by atoms with Crippen LogP contribution in [-0.2, 0) is 17.7 Å². The van der Waals surface area contributed by atoms with Gasteiger partial charge >= 0.3 is 0 Å². The number of hydrogen-bond donors (Lipinski definition) is 4. The summed E-state index contributed by atoms with van der Waals surface area (Å²) < 4.78 is 5.05. The third kappa shape index (κ3) is 10.0. The Balaban J connectivity index is 0.00000480. The molecule has 0 saturated carbocycles. The van der Waals surface area contributed by atoms with Crippen LogP contribution in [0.15, 0.2) is 53.5 Å². The smallest absolute Gasteiger partial charge is 0.251 e. The Morgan fingerprint density at radius 2 is 1.81 bits per heavy atom. The summed E-state index contributed by atoms with van der Waals surface area (Å²) in [6, 6.07) is 15.9. The summed E-state index contributed by atoms with van der Waals surface area (Å²) >= 11 is 0. The van der Waals surface area contributed by atoms with Gasteiger partial charge in [-0.3, -0.25) is 4.79 Å². The molecule has 31 heavy (non-hydrogen) atoms. The molecule has 2 aromatic rings. The number of carbonyl (C=O) groups excluding carboxylic acids is 1. The van der Waals surface area contributed by atoms with Crippen molar-refractivity contribution in [3.63, 3.8) is 0 Å². The van der Waals surface area contributed by atoms with Crippen LogP contribution < -0.4 is 21.3 Å². The van der Waals surface area contributed by atoms with Gasteiger partial charge in [0.15, 0.2) is 5.96 Å². The fraction of sp³-hybridized carbons (Fsp3) is 0.391. The molecule has 170 valence electrons. The number of methoxy groups -OCH3 is 1. The molecule has 0 aromatic heterocycles. The maximum absolute atomic E-state index is 11.8. The molecule has 0 aliphatic carbocycles. The molecule has 7 nitrogen and oxygen atoms in total. The first kappa shape index (κ1) is 26.7. The third-order valence-electron chi connectivity index (χ3n) is 4.48. The predicted molar refractivity (Wildman–Crippen MR) is 139 cm³/mol. The zero-order valence-corrected chi connectivity index (χ0v) is 20.9. The van der Waals surface area contributed by atoms with Gasteiger partial charge in [0.2, 0.25) is 0 Å². The van der Waals surface area contributed by atoms with Gasteiger partial charge in [0.25, 0.3) is 5.91 Å². The maximum atomic E-state index is 11.8. The number of carbonyl (C=O) groups is 1. The first-order valence-electron chi connectivity index (χ1n) is 10.3. The summed E-state index contributed by atoms with van der Waals surface area (Å²) in [7, 11) is 3.34. The van der Waals surface area contributed by atoms with Crippen LogP contribution >= 0.6 is 24.0 Å². The number of ether oxygens (including phenoxy) is 1. The van der Waals surface area contributed by atoms with E-state index < -0.39 is 0 Å². The lowest BCUT2D eigenvalue weighted by molar-refractivity contribution is 0.0963. The van der Waals surface area contributed by atoms with Gasteiger partial charge in [-0.2, -0.15) is 0 Å². The number of guanidine groups is 1. The molecule has 0 aliphatic rings. The van der Waals surface area contributed by atoms with E-state index in [1.807, 2.05) is 31.2 Å². The summed E-state index contributed by atoms with van der Waals surface area (Å²) in [5.41, 5.74) is 4.00. The molecule has 1 amide bonds. The van der Waals surface area contributed by atoms with Gasteiger partial charge in [0.1, 0.15) is 0 Å². The Bertz CT molecular complexity index is 812. The largest absolute Gasteiger partial charge is 0.383 e. The highest BCUT2D eigenvalue weighted by Gasteiger charge is 2.04. The molecular formula is C23H34IN5O2. The fourth-order valence-corrected chi connectivity index (χ4v) is 2.88. The van der Waals surface area contributed by atoms with E-state index in [-0.39, 0.29) is 29.9 Å². The minimum absolute atomic E-state index is 0. The Kier molecular flexibility index (Phi) is 13.3. The number of halogens is 1. The summed E-state index contributed by atoms with van der Waals surface area (Å²) in [5.74, 6) is 0.710. The molecule has 2 rings (SSSR count). The Morgan fingerprint density at radius 1 is 1.03 bits per heavy atom. The maximum Gasteiger partial charge on any atom is 0.251 e. The number of hydrogen-bond acceptors (Lipinski definition) is 4. The molecule has 0 spiro atoms. The van der Waals surface area contributed by atoms with Crippen molar-refractivity contribution in [2.24, 2.45) is 4.99 Å². The van der Waals surface area contributed by atoms with Crippen molar-refractivity contribution < 1.29 is 9.53 Å². The van der Waals surface area contributed by atoms with E-state index in [9.17, 15) is 4.79 Å². The normalized spacial score (nSPS) is 10.7. The number of nitrogens with one attached hydrogen (secondary N) is 4. The monoisotopic (exact) mass is 539 g/mol. The number of aliphatic imine (C=N–C) groups is 1. The Hall–Kier alpha value is -2.33. The standard InChI is InChI=1S/C23H33N5O2.HI/c1-4-25-23(27-13-12-18-6-5-7-20(16-18)22(29)24-2)28-17-19-8-10-21(11-9-19)26-14-15-30-3;/h5-11,16,26H,4,12-15,17H2,1-3H3,(H,24,29)(H2,25,27,28);1H. The molecule has 4 N–H and O–H groups in total. The average Bonchev–Trinajstić information content (AvgIpc) is 2.78. The van der Waals surface area contributed by atoms with Crippen LogP contribution in [0.5, 0.6) is 0 Å². The van der Waals surface area contributed by atoms with E-state index in [1.54, 1.807) is 14.2 Å². The van der Waals surface area contributed by atoms with Crippen molar-refractivity contribution in [2.75, 3.05) is 45.7 Å². The molecule has 2 aromatic carbocycles. The van der Waals surface area contributed by atoms with Gasteiger partial charge in [-0.05, 0) is 48.7 Å².